The Kier molecular flexibility index (Phi) is 6.30. The number of nitro benzene ring substituents is 1. The number of quaternary nitrogens is 1. The van der Waals surface area contributed by atoms with Crippen LogP contribution in [0.3, 0.4) is 0 Å². The molecular formula is C13H20ClN3O4S. The fraction of sp³-hybridized carbons (Fsp3) is 0.538. The van der Waals surface area contributed by atoms with Crippen molar-refractivity contribution in [2.75, 3.05) is 0 Å². The summed E-state index contributed by atoms with van der Waals surface area (Å²) in [5.74, 6) is 0. The van der Waals surface area contributed by atoms with Gasteiger partial charge in [0, 0.05) is 25.0 Å². The number of benzene rings is 1. The summed E-state index contributed by atoms with van der Waals surface area (Å²) in [6.07, 6.45) is 3.05. The first kappa shape index (κ1) is 18.8. The lowest BCUT2D eigenvalue weighted by Gasteiger charge is -2.34. The molecule has 9 heteroatoms. The van der Waals surface area contributed by atoms with E-state index in [1.54, 1.807) is 0 Å². The predicted molar refractivity (Wildman–Crippen MR) is 77.2 cm³/mol. The maximum Gasteiger partial charge on any atom is 0.282 e. The van der Waals surface area contributed by atoms with Crippen LogP contribution in [0.1, 0.15) is 33.1 Å². The van der Waals surface area contributed by atoms with Crippen molar-refractivity contribution < 1.29 is 30.8 Å². The van der Waals surface area contributed by atoms with Gasteiger partial charge >= 0.3 is 0 Å². The van der Waals surface area contributed by atoms with Crippen LogP contribution in [-0.4, -0.2) is 25.4 Å². The minimum Gasteiger partial charge on any atom is -1.00 e. The second kappa shape index (κ2) is 7.36. The molecule has 2 N–H and O–H groups in total. The number of rotatable bonds is 4. The highest BCUT2D eigenvalue weighted by molar-refractivity contribution is 7.89. The highest BCUT2D eigenvalue weighted by atomic mass is 35.5. The van der Waals surface area contributed by atoms with Crippen LogP contribution < -0.4 is 22.2 Å². The normalized spacial score (nSPS) is 25.3. The van der Waals surface area contributed by atoms with Crippen LogP contribution in [0.15, 0.2) is 29.2 Å². The molecular weight excluding hydrogens is 330 g/mol. The van der Waals surface area contributed by atoms with Gasteiger partial charge in [-0.2, -0.15) is 0 Å². The first-order valence-electron chi connectivity index (χ1n) is 6.95. The van der Waals surface area contributed by atoms with Gasteiger partial charge in [0.05, 0.1) is 9.82 Å². The van der Waals surface area contributed by atoms with E-state index < -0.39 is 14.9 Å². The molecule has 1 fully saturated rings. The van der Waals surface area contributed by atoms with Crippen LogP contribution >= 0.6 is 0 Å². The van der Waals surface area contributed by atoms with E-state index in [9.17, 15) is 18.5 Å². The van der Waals surface area contributed by atoms with Crippen LogP contribution in [0.25, 0.3) is 0 Å². The van der Waals surface area contributed by atoms with E-state index in [-0.39, 0.29) is 35.1 Å². The summed E-state index contributed by atoms with van der Waals surface area (Å²) >= 11 is 0. The van der Waals surface area contributed by atoms with Crippen molar-refractivity contribution in [2.45, 2.75) is 50.1 Å². The van der Waals surface area contributed by atoms with Gasteiger partial charge in [-0.1, -0.05) is 4.83 Å². The second-order valence-electron chi connectivity index (χ2n) is 5.54. The number of nitrogens with zero attached hydrogens (tertiary/aromatic N) is 1. The van der Waals surface area contributed by atoms with Crippen molar-refractivity contribution in [2.24, 2.45) is 0 Å². The van der Waals surface area contributed by atoms with Crippen molar-refractivity contribution in [3.8, 4) is 0 Å². The van der Waals surface area contributed by atoms with Crippen LogP contribution in [-0.2, 0) is 10.0 Å². The Morgan fingerprint density at radius 3 is 2.14 bits per heavy atom. The molecule has 0 aliphatic carbocycles. The molecule has 0 saturated carbocycles. The molecule has 22 heavy (non-hydrogen) atoms. The molecule has 7 nitrogen and oxygen atoms in total. The van der Waals surface area contributed by atoms with Crippen LogP contribution in [0, 0.1) is 10.1 Å². The molecule has 1 aromatic rings. The molecule has 1 heterocycles. The minimum absolute atomic E-state index is 0. The Labute approximate surface area is 136 Å². The van der Waals surface area contributed by atoms with E-state index in [0.717, 1.165) is 24.3 Å². The molecule has 0 bridgehead atoms. The Balaban J connectivity index is 0.00000242. The Morgan fingerprint density at radius 2 is 1.68 bits per heavy atom. The van der Waals surface area contributed by atoms with Gasteiger partial charge in [0.1, 0.15) is 12.1 Å². The monoisotopic (exact) mass is 349 g/mol. The predicted octanol–water partition coefficient (Wildman–Crippen LogP) is -2.36. The third-order valence-electron chi connectivity index (χ3n) is 3.95. The maximum absolute atomic E-state index is 12.4. The Hall–Kier alpha value is -1.22. The molecule has 2 unspecified atom stereocenters. The van der Waals surface area contributed by atoms with Gasteiger partial charge in [-0.05, 0) is 32.4 Å². The molecule has 0 aromatic heterocycles. The summed E-state index contributed by atoms with van der Waals surface area (Å²) in [6, 6.07) is 5.35. The summed E-state index contributed by atoms with van der Waals surface area (Å²) in [4.78, 5) is 12.8. The lowest BCUT2D eigenvalue weighted by Crippen LogP contribution is -3.25. The van der Waals surface area contributed by atoms with Crippen molar-refractivity contribution in [1.82, 2.24) is 4.83 Å². The average molecular weight is 350 g/mol. The number of nitro groups is 1. The lowest BCUT2D eigenvalue weighted by molar-refractivity contribution is -0.980. The summed E-state index contributed by atoms with van der Waals surface area (Å²) in [7, 11) is -3.68. The zero-order valence-corrected chi connectivity index (χ0v) is 14.0. The van der Waals surface area contributed by atoms with E-state index in [0.29, 0.717) is 0 Å². The lowest BCUT2D eigenvalue weighted by atomic mass is 10.0. The van der Waals surface area contributed by atoms with Gasteiger partial charge in [0.2, 0.25) is 0 Å². The molecule has 0 spiro atoms. The fourth-order valence-electron chi connectivity index (χ4n) is 2.69. The molecule has 1 aliphatic heterocycles. The number of hydrogen-bond acceptors (Lipinski definition) is 4. The number of hydrogen-bond donors (Lipinski definition) is 2. The first-order chi connectivity index (χ1) is 9.81. The molecule has 2 atom stereocenters. The molecule has 1 aromatic carbocycles. The summed E-state index contributed by atoms with van der Waals surface area (Å²) in [5.41, 5.74) is -0.124. The molecule has 1 aliphatic rings. The van der Waals surface area contributed by atoms with Gasteiger partial charge in [-0.25, -0.2) is 13.4 Å². The van der Waals surface area contributed by atoms with E-state index in [2.05, 4.69) is 4.83 Å². The Morgan fingerprint density at radius 1 is 1.18 bits per heavy atom. The number of nitrogens with one attached hydrogen (secondary N) is 2. The number of sulfonamides is 1. The van der Waals surface area contributed by atoms with E-state index in [1.807, 2.05) is 13.8 Å². The average Bonchev–Trinajstić information content (AvgIpc) is 2.43. The van der Waals surface area contributed by atoms with Gasteiger partial charge < -0.3 is 12.4 Å². The van der Waals surface area contributed by atoms with Crippen molar-refractivity contribution in [1.29, 1.82) is 0 Å². The van der Waals surface area contributed by atoms with Gasteiger partial charge in [-0.15, -0.1) is 0 Å². The maximum atomic E-state index is 12.4. The quantitative estimate of drug-likeness (QED) is 0.469. The first-order valence-corrected chi connectivity index (χ1v) is 8.43. The van der Waals surface area contributed by atoms with E-state index >= 15 is 0 Å². The topological polar surface area (TPSA) is 93.8 Å². The smallest absolute Gasteiger partial charge is 0.282 e. The summed E-state index contributed by atoms with van der Waals surface area (Å²) in [6.45, 7) is 4.03. The Bertz CT molecular complexity index is 611. The number of halogens is 1. The highest BCUT2D eigenvalue weighted by Crippen LogP contribution is 2.15. The van der Waals surface area contributed by atoms with Gasteiger partial charge in [0.15, 0.2) is 0 Å². The third-order valence-corrected chi connectivity index (χ3v) is 5.34. The largest absolute Gasteiger partial charge is 1.00 e. The van der Waals surface area contributed by atoms with Crippen molar-refractivity contribution in [3.05, 3.63) is 34.4 Å². The van der Waals surface area contributed by atoms with E-state index in [1.165, 1.54) is 24.3 Å². The summed E-state index contributed by atoms with van der Waals surface area (Å²) in [5, 5.41) is 11.4. The molecule has 0 radical (unpaired) electrons. The van der Waals surface area contributed by atoms with Gasteiger partial charge in [-0.3, -0.25) is 10.1 Å². The summed E-state index contributed by atoms with van der Waals surface area (Å²) < 4.78 is 24.7. The molecule has 2 rings (SSSR count). The molecule has 124 valence electrons. The van der Waals surface area contributed by atoms with Crippen LogP contribution in [0.2, 0.25) is 0 Å². The fourth-order valence-corrected chi connectivity index (χ4v) is 4.01. The van der Waals surface area contributed by atoms with Gasteiger partial charge in [0.25, 0.3) is 15.7 Å². The van der Waals surface area contributed by atoms with Crippen molar-refractivity contribution >= 4 is 15.7 Å². The molecule has 1 saturated heterocycles. The number of non-ortho nitro benzene ring substituents is 1. The second-order valence-corrected chi connectivity index (χ2v) is 7.23. The highest BCUT2D eigenvalue weighted by Gasteiger charge is 2.33. The van der Waals surface area contributed by atoms with Crippen molar-refractivity contribution in [3.63, 3.8) is 0 Å². The van der Waals surface area contributed by atoms with E-state index in [4.69, 9.17) is 0 Å². The van der Waals surface area contributed by atoms with Crippen LogP contribution in [0.5, 0.6) is 0 Å². The SMILES string of the molecule is CC1CCCC(C)[NH+]1NS(=O)(=O)c1ccc([N+](=O)[O-])cc1.[Cl-]. The zero-order chi connectivity index (χ0) is 15.6. The van der Waals surface area contributed by atoms with Crippen LogP contribution in [0.4, 0.5) is 5.69 Å². The number of piperidine rings is 1. The molecule has 0 amide bonds. The minimum atomic E-state index is -3.68. The zero-order valence-electron chi connectivity index (χ0n) is 12.5. The standard InChI is InChI=1S/C13H19N3O4S.ClH/c1-10-4-3-5-11(2)15(10)14-21(19,20)13-8-6-12(7-9-13)16(17)18;/h6-11,14H,3-5H2,1-2H3;1H. The third kappa shape index (κ3) is 4.16.